The summed E-state index contributed by atoms with van der Waals surface area (Å²) < 4.78 is 11.1. The van der Waals surface area contributed by atoms with Crippen molar-refractivity contribution in [1.29, 1.82) is 0 Å². The van der Waals surface area contributed by atoms with Gasteiger partial charge in [-0.05, 0) is 37.2 Å². The lowest BCUT2D eigenvalue weighted by Gasteiger charge is -2.25. The van der Waals surface area contributed by atoms with Crippen molar-refractivity contribution in [3.8, 4) is 5.75 Å². The van der Waals surface area contributed by atoms with Crippen LogP contribution in [0.25, 0.3) is 0 Å². The van der Waals surface area contributed by atoms with Gasteiger partial charge in [0.05, 0.1) is 12.1 Å². The molecule has 0 unspecified atom stereocenters. The van der Waals surface area contributed by atoms with Crippen molar-refractivity contribution >= 4 is 29.2 Å². The van der Waals surface area contributed by atoms with E-state index in [1.165, 1.54) is 7.11 Å². The van der Waals surface area contributed by atoms with Crippen molar-refractivity contribution in [2.24, 2.45) is 5.92 Å². The zero-order chi connectivity index (χ0) is 17.8. The average molecular weight is 381 g/mol. The third-order valence-electron chi connectivity index (χ3n) is 4.18. The number of carbonyl (C=O) groups excluding carboxylic acids is 1. The number of hydrogen-bond acceptors (Lipinski definition) is 5. The first-order valence-electron chi connectivity index (χ1n) is 7.94. The number of esters is 1. The van der Waals surface area contributed by atoms with Crippen molar-refractivity contribution < 1.29 is 14.3 Å². The molecular weight excluding hydrogens is 363 g/mol. The standard InChI is InChI=1S/C18H18Cl2N2O3/c1-24-18(23)15-7-13(19)2-3-16(15)25-17(11-4-5-21-8-11)12-6-14(20)10-22-9-12/h2-3,6-7,9-11,17,21H,4-5,8H2,1H3/t11-,17+/m0/s1. The van der Waals surface area contributed by atoms with Gasteiger partial charge in [-0.25, -0.2) is 4.79 Å². The van der Waals surface area contributed by atoms with Gasteiger partial charge >= 0.3 is 5.97 Å². The van der Waals surface area contributed by atoms with Gasteiger partial charge in [0.15, 0.2) is 0 Å². The van der Waals surface area contributed by atoms with Gasteiger partial charge < -0.3 is 14.8 Å². The van der Waals surface area contributed by atoms with E-state index in [4.69, 9.17) is 32.7 Å². The van der Waals surface area contributed by atoms with Gasteiger partial charge in [-0.3, -0.25) is 4.98 Å². The van der Waals surface area contributed by atoms with E-state index in [0.717, 1.165) is 25.1 Å². The number of rotatable bonds is 5. The Kier molecular flexibility index (Phi) is 5.78. The van der Waals surface area contributed by atoms with Crippen LogP contribution in [-0.4, -0.2) is 31.2 Å². The predicted octanol–water partition coefficient (Wildman–Crippen LogP) is 3.90. The van der Waals surface area contributed by atoms with Crippen molar-refractivity contribution in [3.63, 3.8) is 0 Å². The molecule has 25 heavy (non-hydrogen) atoms. The second-order valence-electron chi connectivity index (χ2n) is 5.86. The average Bonchev–Trinajstić information content (AvgIpc) is 3.14. The fourth-order valence-corrected chi connectivity index (χ4v) is 3.32. The SMILES string of the molecule is COC(=O)c1cc(Cl)ccc1O[C@@H](c1cncc(Cl)c1)[C@H]1CCNC1. The van der Waals surface area contributed by atoms with Gasteiger partial charge in [-0.1, -0.05) is 23.2 Å². The summed E-state index contributed by atoms with van der Waals surface area (Å²) in [6.45, 7) is 1.74. The Morgan fingerprint density at radius 3 is 2.80 bits per heavy atom. The molecule has 1 aromatic carbocycles. The molecule has 1 saturated heterocycles. The molecule has 2 atom stereocenters. The molecule has 0 radical (unpaired) electrons. The maximum Gasteiger partial charge on any atom is 0.341 e. The summed E-state index contributed by atoms with van der Waals surface area (Å²) in [7, 11) is 1.33. The van der Waals surface area contributed by atoms with E-state index >= 15 is 0 Å². The Labute approximate surface area is 156 Å². The van der Waals surface area contributed by atoms with Crippen LogP contribution >= 0.6 is 23.2 Å². The van der Waals surface area contributed by atoms with Crippen LogP contribution in [-0.2, 0) is 4.74 Å². The summed E-state index contributed by atoms with van der Waals surface area (Å²) in [5.41, 5.74) is 1.16. The van der Waals surface area contributed by atoms with Crippen LogP contribution in [0.3, 0.4) is 0 Å². The molecule has 2 aromatic rings. The molecule has 132 valence electrons. The minimum atomic E-state index is -0.495. The summed E-state index contributed by atoms with van der Waals surface area (Å²) in [4.78, 5) is 16.2. The molecule has 0 bridgehead atoms. The van der Waals surface area contributed by atoms with Gasteiger partial charge in [-0.2, -0.15) is 0 Å². The number of methoxy groups -OCH3 is 1. The number of carbonyl (C=O) groups is 1. The minimum absolute atomic E-state index is 0.237. The molecule has 1 aliphatic heterocycles. The molecular formula is C18H18Cl2N2O3. The zero-order valence-electron chi connectivity index (χ0n) is 13.7. The summed E-state index contributed by atoms with van der Waals surface area (Å²) in [6.07, 6.45) is 3.99. The highest BCUT2D eigenvalue weighted by atomic mass is 35.5. The Hall–Kier alpha value is -1.82. The number of hydrogen-bond donors (Lipinski definition) is 1. The summed E-state index contributed by atoms with van der Waals surface area (Å²) in [6, 6.07) is 6.75. The third kappa shape index (κ3) is 4.24. The van der Waals surface area contributed by atoms with Crippen LogP contribution in [0, 0.1) is 5.92 Å². The summed E-state index contributed by atoms with van der Waals surface area (Å²) >= 11 is 12.1. The van der Waals surface area contributed by atoms with Crippen molar-refractivity contribution in [1.82, 2.24) is 10.3 Å². The van der Waals surface area contributed by atoms with Gasteiger partial charge in [0, 0.05) is 35.4 Å². The third-order valence-corrected chi connectivity index (χ3v) is 4.62. The van der Waals surface area contributed by atoms with Crippen LogP contribution in [0.5, 0.6) is 5.75 Å². The van der Waals surface area contributed by atoms with Crippen LogP contribution in [0.4, 0.5) is 0 Å². The summed E-state index contributed by atoms with van der Waals surface area (Å²) in [5.74, 6) is 0.166. The van der Waals surface area contributed by atoms with Crippen molar-refractivity contribution in [2.45, 2.75) is 12.5 Å². The Bertz CT molecular complexity index is 764. The van der Waals surface area contributed by atoms with Crippen LogP contribution in [0.15, 0.2) is 36.7 Å². The quantitative estimate of drug-likeness (QED) is 0.796. The van der Waals surface area contributed by atoms with E-state index in [1.807, 2.05) is 6.07 Å². The van der Waals surface area contributed by atoms with E-state index in [-0.39, 0.29) is 12.0 Å². The fraction of sp³-hybridized carbons (Fsp3) is 0.333. The predicted molar refractivity (Wildman–Crippen MR) is 96.4 cm³/mol. The number of benzene rings is 1. The molecule has 1 N–H and O–H groups in total. The Balaban J connectivity index is 1.97. The van der Waals surface area contributed by atoms with Crippen LogP contribution in [0.1, 0.15) is 28.4 Å². The van der Waals surface area contributed by atoms with E-state index in [9.17, 15) is 4.79 Å². The fourth-order valence-electron chi connectivity index (χ4n) is 2.97. The second kappa shape index (κ2) is 8.04. The van der Waals surface area contributed by atoms with Gasteiger partial charge in [0.25, 0.3) is 0 Å². The number of nitrogens with one attached hydrogen (secondary N) is 1. The van der Waals surface area contributed by atoms with Gasteiger partial charge in [0.2, 0.25) is 0 Å². The largest absolute Gasteiger partial charge is 0.484 e. The smallest absolute Gasteiger partial charge is 0.341 e. The lowest BCUT2D eigenvalue weighted by molar-refractivity contribution is 0.0588. The Morgan fingerprint density at radius 1 is 1.28 bits per heavy atom. The van der Waals surface area contributed by atoms with E-state index < -0.39 is 5.97 Å². The molecule has 1 aromatic heterocycles. The number of nitrogens with zero attached hydrogens (tertiary/aromatic N) is 1. The highest BCUT2D eigenvalue weighted by molar-refractivity contribution is 6.31. The lowest BCUT2D eigenvalue weighted by Crippen LogP contribution is -2.22. The number of aromatic nitrogens is 1. The molecule has 3 rings (SSSR count). The number of halogens is 2. The monoisotopic (exact) mass is 380 g/mol. The highest BCUT2D eigenvalue weighted by Crippen LogP contribution is 2.35. The van der Waals surface area contributed by atoms with E-state index in [1.54, 1.807) is 30.6 Å². The van der Waals surface area contributed by atoms with Gasteiger partial charge in [0.1, 0.15) is 17.4 Å². The van der Waals surface area contributed by atoms with Crippen LogP contribution < -0.4 is 10.1 Å². The molecule has 1 aliphatic rings. The van der Waals surface area contributed by atoms with Gasteiger partial charge in [-0.15, -0.1) is 0 Å². The number of ether oxygens (including phenoxy) is 2. The van der Waals surface area contributed by atoms with Crippen molar-refractivity contribution in [3.05, 3.63) is 57.8 Å². The molecule has 7 heteroatoms. The Morgan fingerprint density at radius 2 is 2.12 bits per heavy atom. The number of pyridine rings is 1. The zero-order valence-corrected chi connectivity index (χ0v) is 15.2. The molecule has 0 amide bonds. The minimum Gasteiger partial charge on any atom is -0.484 e. The first kappa shape index (κ1) is 18.0. The molecule has 0 aliphatic carbocycles. The second-order valence-corrected chi connectivity index (χ2v) is 6.73. The lowest BCUT2D eigenvalue weighted by atomic mass is 9.95. The normalized spacial score (nSPS) is 18.0. The van der Waals surface area contributed by atoms with Crippen molar-refractivity contribution in [2.75, 3.05) is 20.2 Å². The molecule has 1 fully saturated rings. The van der Waals surface area contributed by atoms with E-state index in [2.05, 4.69) is 10.3 Å². The molecule has 2 heterocycles. The van der Waals surface area contributed by atoms with Crippen LogP contribution in [0.2, 0.25) is 10.0 Å². The maximum absolute atomic E-state index is 12.1. The molecule has 0 saturated carbocycles. The summed E-state index contributed by atoms with van der Waals surface area (Å²) in [5, 5.41) is 4.32. The first-order valence-corrected chi connectivity index (χ1v) is 8.69. The maximum atomic E-state index is 12.1. The first-order chi connectivity index (χ1) is 12.1. The topological polar surface area (TPSA) is 60.5 Å². The van der Waals surface area contributed by atoms with E-state index in [0.29, 0.717) is 21.4 Å². The molecule has 0 spiro atoms. The highest BCUT2D eigenvalue weighted by Gasteiger charge is 2.30. The molecule has 5 nitrogen and oxygen atoms in total.